The summed E-state index contributed by atoms with van der Waals surface area (Å²) in [7, 11) is 1.49. The Balaban J connectivity index is 2.10. The zero-order chi connectivity index (χ0) is 17.1. The first-order valence-corrected chi connectivity index (χ1v) is 7.70. The first-order valence-electron chi connectivity index (χ1n) is 7.70. The lowest BCUT2D eigenvalue weighted by molar-refractivity contribution is -0.215. The van der Waals surface area contributed by atoms with Gasteiger partial charge in [0.1, 0.15) is 5.75 Å². The molecule has 0 bridgehead atoms. The van der Waals surface area contributed by atoms with Crippen molar-refractivity contribution in [2.24, 2.45) is 5.92 Å². The van der Waals surface area contributed by atoms with E-state index in [2.05, 4.69) is 0 Å². The fourth-order valence-electron chi connectivity index (χ4n) is 3.33. The zero-order valence-electron chi connectivity index (χ0n) is 14.0. The first kappa shape index (κ1) is 16.0. The number of phenolic OH excluding ortho intramolecular Hbond substituents is 1. The molecule has 2 fully saturated rings. The average molecular weight is 318 g/mol. The second kappa shape index (κ2) is 5.04. The highest BCUT2D eigenvalue weighted by Crippen LogP contribution is 2.47. The van der Waals surface area contributed by atoms with Gasteiger partial charge in [0.15, 0.2) is 6.10 Å². The maximum absolute atomic E-state index is 12.6. The third-order valence-corrected chi connectivity index (χ3v) is 4.56. The maximum atomic E-state index is 12.6. The van der Waals surface area contributed by atoms with Crippen LogP contribution < -0.4 is 0 Å². The zero-order valence-corrected chi connectivity index (χ0v) is 14.0. The number of amides is 2. The quantitative estimate of drug-likeness (QED) is 0.799. The van der Waals surface area contributed by atoms with E-state index in [0.717, 1.165) is 16.0 Å². The molecule has 1 N–H and O–H groups in total. The molecule has 2 aliphatic rings. The lowest BCUT2D eigenvalue weighted by atomic mass is 9.88. The van der Waals surface area contributed by atoms with Crippen molar-refractivity contribution in [3.05, 3.63) is 29.3 Å². The van der Waals surface area contributed by atoms with Gasteiger partial charge < -0.3 is 5.11 Å². The summed E-state index contributed by atoms with van der Waals surface area (Å²) in [5.41, 5.74) is 1.21. The number of aryl methyl sites for hydroxylation is 1. The van der Waals surface area contributed by atoms with Gasteiger partial charge in [0, 0.05) is 12.6 Å². The Morgan fingerprint density at radius 1 is 1.17 bits per heavy atom. The predicted octanol–water partition coefficient (Wildman–Crippen LogP) is 1.77. The normalized spacial score (nSPS) is 28.6. The number of hydrogen-bond acceptors (Lipinski definition) is 5. The van der Waals surface area contributed by atoms with Gasteiger partial charge in [0.2, 0.25) is 5.91 Å². The van der Waals surface area contributed by atoms with Crippen LogP contribution in [0.2, 0.25) is 0 Å². The fourth-order valence-corrected chi connectivity index (χ4v) is 3.33. The molecule has 6 heteroatoms. The van der Waals surface area contributed by atoms with Crippen molar-refractivity contribution in [1.29, 1.82) is 0 Å². The number of carbonyl (C=O) groups excluding carboxylic acids is 2. The monoisotopic (exact) mass is 318 g/mol. The van der Waals surface area contributed by atoms with Gasteiger partial charge in [-0.25, -0.2) is 0 Å². The van der Waals surface area contributed by atoms with E-state index in [0.29, 0.717) is 0 Å². The second-order valence-corrected chi connectivity index (χ2v) is 7.27. The molecule has 6 nitrogen and oxygen atoms in total. The minimum absolute atomic E-state index is 0.206. The number of likely N-dealkylation sites (tertiary alicyclic amines) is 1. The van der Waals surface area contributed by atoms with Crippen LogP contribution in [-0.4, -0.2) is 45.6 Å². The Morgan fingerprint density at radius 2 is 1.83 bits per heavy atom. The van der Waals surface area contributed by atoms with Crippen molar-refractivity contribution in [2.75, 3.05) is 7.05 Å². The highest BCUT2D eigenvalue weighted by Gasteiger charge is 2.60. The van der Waals surface area contributed by atoms with Crippen molar-refractivity contribution in [1.82, 2.24) is 9.96 Å². The van der Waals surface area contributed by atoms with Crippen molar-refractivity contribution < 1.29 is 19.5 Å². The molecule has 2 heterocycles. The van der Waals surface area contributed by atoms with Crippen LogP contribution in [0.1, 0.15) is 37.9 Å². The molecule has 0 aromatic heterocycles. The number of benzene rings is 1. The summed E-state index contributed by atoms with van der Waals surface area (Å²) in [6.07, 6.45) is -0.772. The van der Waals surface area contributed by atoms with E-state index in [1.165, 1.54) is 7.05 Å². The van der Waals surface area contributed by atoms with Crippen LogP contribution in [0.15, 0.2) is 18.2 Å². The van der Waals surface area contributed by atoms with Gasteiger partial charge in [0.25, 0.3) is 5.91 Å². The van der Waals surface area contributed by atoms with Crippen LogP contribution in [0, 0.1) is 12.8 Å². The number of aromatic hydroxyl groups is 1. The van der Waals surface area contributed by atoms with E-state index in [9.17, 15) is 14.7 Å². The molecule has 0 spiro atoms. The van der Waals surface area contributed by atoms with Crippen LogP contribution in [-0.2, 0) is 14.4 Å². The predicted molar refractivity (Wildman–Crippen MR) is 83.3 cm³/mol. The minimum atomic E-state index is -0.772. The summed E-state index contributed by atoms with van der Waals surface area (Å²) in [6.45, 7) is 7.74. The Labute approximate surface area is 135 Å². The molecule has 23 heavy (non-hydrogen) atoms. The molecular weight excluding hydrogens is 296 g/mol. The number of phenols is 1. The number of hydroxylamine groups is 2. The van der Waals surface area contributed by atoms with Gasteiger partial charge in [-0.05, 0) is 44.9 Å². The largest absolute Gasteiger partial charge is 0.508 e. The standard InChI is InChI=1S/C17H22N2O4/c1-9-8-10(6-7-11(9)20)13-12-14(16(22)18(5)15(12)21)23-19(13)17(2,3)4/h6-8,12-14,20H,1-5H3. The molecule has 3 unspecified atom stereocenters. The second-order valence-electron chi connectivity index (χ2n) is 7.27. The molecule has 0 radical (unpaired) electrons. The molecule has 3 atom stereocenters. The van der Waals surface area contributed by atoms with Crippen LogP contribution in [0.5, 0.6) is 5.75 Å². The summed E-state index contributed by atoms with van der Waals surface area (Å²) in [4.78, 5) is 31.9. The van der Waals surface area contributed by atoms with Crippen LogP contribution in [0.3, 0.4) is 0 Å². The highest BCUT2D eigenvalue weighted by molar-refractivity contribution is 6.07. The number of fused-ring (bicyclic) bond motifs is 1. The molecule has 1 aromatic rings. The lowest BCUT2D eigenvalue weighted by Gasteiger charge is -2.36. The van der Waals surface area contributed by atoms with Gasteiger partial charge in [-0.1, -0.05) is 12.1 Å². The van der Waals surface area contributed by atoms with Gasteiger partial charge in [-0.2, -0.15) is 5.06 Å². The van der Waals surface area contributed by atoms with Gasteiger partial charge in [-0.15, -0.1) is 0 Å². The Hall–Kier alpha value is -1.92. The third-order valence-electron chi connectivity index (χ3n) is 4.56. The fraction of sp³-hybridized carbons (Fsp3) is 0.529. The maximum Gasteiger partial charge on any atom is 0.261 e. The lowest BCUT2D eigenvalue weighted by Crippen LogP contribution is -2.44. The summed E-state index contributed by atoms with van der Waals surface area (Å²) >= 11 is 0. The van der Waals surface area contributed by atoms with E-state index in [1.54, 1.807) is 24.1 Å². The van der Waals surface area contributed by atoms with Crippen molar-refractivity contribution in [3.8, 4) is 5.75 Å². The first-order chi connectivity index (χ1) is 10.6. The van der Waals surface area contributed by atoms with Crippen LogP contribution in [0.25, 0.3) is 0 Å². The molecule has 124 valence electrons. The Bertz CT molecular complexity index is 680. The Kier molecular flexibility index (Phi) is 3.50. The summed E-state index contributed by atoms with van der Waals surface area (Å²) in [5.74, 6) is -0.872. The number of carbonyl (C=O) groups is 2. The Morgan fingerprint density at radius 3 is 2.39 bits per heavy atom. The SMILES string of the molecule is Cc1cc(C2C3C(=O)N(C)C(=O)C3ON2C(C)(C)C)ccc1O. The van der Waals surface area contributed by atoms with E-state index in [4.69, 9.17) is 4.84 Å². The summed E-state index contributed by atoms with van der Waals surface area (Å²) < 4.78 is 0. The number of hydrogen-bond donors (Lipinski definition) is 1. The van der Waals surface area contributed by atoms with Crippen molar-refractivity contribution in [3.63, 3.8) is 0 Å². The van der Waals surface area contributed by atoms with Crippen molar-refractivity contribution in [2.45, 2.75) is 45.4 Å². The van der Waals surface area contributed by atoms with Crippen molar-refractivity contribution >= 4 is 11.8 Å². The number of imide groups is 1. The molecule has 0 saturated carbocycles. The molecular formula is C17H22N2O4. The van der Waals surface area contributed by atoms with Crippen LogP contribution in [0.4, 0.5) is 0 Å². The van der Waals surface area contributed by atoms with E-state index in [1.807, 2.05) is 26.8 Å². The molecule has 2 saturated heterocycles. The highest BCUT2D eigenvalue weighted by atomic mass is 16.7. The van der Waals surface area contributed by atoms with Crippen LogP contribution >= 0.6 is 0 Å². The van der Waals surface area contributed by atoms with Gasteiger partial charge >= 0.3 is 0 Å². The molecule has 2 amide bonds. The molecule has 3 rings (SSSR count). The number of nitrogens with zero attached hydrogens (tertiary/aromatic N) is 2. The summed E-state index contributed by atoms with van der Waals surface area (Å²) in [6, 6.07) is 4.89. The van der Waals surface area contributed by atoms with Gasteiger partial charge in [0.05, 0.1) is 12.0 Å². The van der Waals surface area contributed by atoms with Gasteiger partial charge in [-0.3, -0.25) is 19.3 Å². The molecule has 0 aliphatic carbocycles. The smallest absolute Gasteiger partial charge is 0.261 e. The number of likely N-dealkylation sites (N-methyl/N-ethyl adjacent to an activating group) is 1. The topological polar surface area (TPSA) is 70.1 Å². The molecule has 2 aliphatic heterocycles. The minimum Gasteiger partial charge on any atom is -0.508 e. The average Bonchev–Trinajstić information content (AvgIpc) is 2.95. The molecule has 1 aromatic carbocycles. The third kappa shape index (κ3) is 2.33. The van der Waals surface area contributed by atoms with E-state index < -0.39 is 12.0 Å². The van der Waals surface area contributed by atoms with E-state index in [-0.39, 0.29) is 29.1 Å². The van der Waals surface area contributed by atoms with E-state index >= 15 is 0 Å². The summed E-state index contributed by atoms with van der Waals surface area (Å²) in [5, 5.41) is 11.5. The number of rotatable bonds is 1.